The Kier molecular flexibility index (Phi) is 4.44. The standard InChI is InChI=1S/C13H15ClF3NO2S/c1-9-6-7-18(11(9)8-14)10-4-2-3-5-12(10)21(19,20)13(15,16)17/h2-5,9,11H,6-8H2,1H3. The van der Waals surface area contributed by atoms with Crippen molar-refractivity contribution in [2.45, 2.75) is 29.8 Å². The van der Waals surface area contributed by atoms with Crippen LogP contribution in [-0.2, 0) is 9.84 Å². The Morgan fingerprint density at radius 1 is 1.33 bits per heavy atom. The predicted molar refractivity (Wildman–Crippen MR) is 75.3 cm³/mol. The van der Waals surface area contributed by atoms with Crippen LogP contribution in [0.3, 0.4) is 0 Å². The summed E-state index contributed by atoms with van der Waals surface area (Å²) in [7, 11) is -5.38. The van der Waals surface area contributed by atoms with Crippen LogP contribution in [0.1, 0.15) is 13.3 Å². The van der Waals surface area contributed by atoms with Crippen LogP contribution in [0, 0.1) is 5.92 Å². The molecule has 0 bridgehead atoms. The number of alkyl halides is 4. The third-order valence-electron chi connectivity index (χ3n) is 3.81. The third kappa shape index (κ3) is 2.85. The molecule has 8 heteroatoms. The number of anilines is 1. The fourth-order valence-corrected chi connectivity index (χ4v) is 4.03. The highest BCUT2D eigenvalue weighted by molar-refractivity contribution is 7.92. The molecule has 2 unspecified atom stereocenters. The summed E-state index contributed by atoms with van der Waals surface area (Å²) in [5, 5.41) is 0. The van der Waals surface area contributed by atoms with E-state index in [0.717, 1.165) is 12.5 Å². The first-order valence-corrected chi connectivity index (χ1v) is 8.45. The van der Waals surface area contributed by atoms with E-state index in [1.165, 1.54) is 18.2 Å². The number of nitrogens with zero attached hydrogens (tertiary/aromatic N) is 1. The summed E-state index contributed by atoms with van der Waals surface area (Å²) in [4.78, 5) is 0.956. The molecule has 0 aliphatic carbocycles. The van der Waals surface area contributed by atoms with Gasteiger partial charge in [-0.1, -0.05) is 19.1 Å². The topological polar surface area (TPSA) is 37.4 Å². The number of hydrogen-bond donors (Lipinski definition) is 0. The zero-order valence-corrected chi connectivity index (χ0v) is 12.8. The molecule has 1 aliphatic heterocycles. The molecule has 3 nitrogen and oxygen atoms in total. The van der Waals surface area contributed by atoms with E-state index in [1.807, 2.05) is 6.92 Å². The normalized spacial score (nSPS) is 23.6. The molecule has 0 amide bonds. The van der Waals surface area contributed by atoms with E-state index in [0.29, 0.717) is 6.54 Å². The molecule has 1 heterocycles. The fraction of sp³-hybridized carbons (Fsp3) is 0.538. The molecule has 0 radical (unpaired) electrons. The van der Waals surface area contributed by atoms with Crippen LogP contribution in [0.5, 0.6) is 0 Å². The molecular weight excluding hydrogens is 327 g/mol. The van der Waals surface area contributed by atoms with Crippen LogP contribution >= 0.6 is 11.6 Å². The van der Waals surface area contributed by atoms with Gasteiger partial charge in [0, 0.05) is 18.5 Å². The highest BCUT2D eigenvalue weighted by atomic mass is 35.5. The second kappa shape index (κ2) is 5.68. The Labute approximate surface area is 126 Å². The fourth-order valence-electron chi connectivity index (χ4n) is 2.59. The van der Waals surface area contributed by atoms with E-state index in [2.05, 4.69) is 0 Å². The first-order chi connectivity index (χ1) is 9.70. The zero-order chi connectivity index (χ0) is 15.8. The van der Waals surface area contributed by atoms with E-state index in [9.17, 15) is 21.6 Å². The van der Waals surface area contributed by atoms with Gasteiger partial charge in [-0.25, -0.2) is 8.42 Å². The van der Waals surface area contributed by atoms with Crippen molar-refractivity contribution in [2.75, 3.05) is 17.3 Å². The summed E-state index contributed by atoms with van der Waals surface area (Å²) >= 11 is 5.89. The van der Waals surface area contributed by atoms with Crippen LogP contribution in [0.15, 0.2) is 29.2 Å². The van der Waals surface area contributed by atoms with Gasteiger partial charge in [0.15, 0.2) is 0 Å². The van der Waals surface area contributed by atoms with Gasteiger partial charge in [0.05, 0.1) is 10.6 Å². The molecule has 1 aliphatic rings. The van der Waals surface area contributed by atoms with Crippen LogP contribution in [0.2, 0.25) is 0 Å². The highest BCUT2D eigenvalue weighted by Crippen LogP contribution is 2.39. The van der Waals surface area contributed by atoms with Crippen LogP contribution in [-0.4, -0.2) is 32.4 Å². The van der Waals surface area contributed by atoms with Crippen molar-refractivity contribution in [3.05, 3.63) is 24.3 Å². The zero-order valence-electron chi connectivity index (χ0n) is 11.3. The van der Waals surface area contributed by atoms with Gasteiger partial charge < -0.3 is 4.90 Å². The van der Waals surface area contributed by atoms with E-state index in [4.69, 9.17) is 11.6 Å². The molecule has 0 saturated carbocycles. The lowest BCUT2D eigenvalue weighted by Crippen LogP contribution is -2.35. The number of halogens is 4. The van der Waals surface area contributed by atoms with E-state index in [-0.39, 0.29) is 23.5 Å². The van der Waals surface area contributed by atoms with Crippen LogP contribution in [0.25, 0.3) is 0 Å². The summed E-state index contributed by atoms with van der Waals surface area (Å²) in [5.41, 5.74) is -5.24. The average Bonchev–Trinajstić information content (AvgIpc) is 2.78. The lowest BCUT2D eigenvalue weighted by molar-refractivity contribution is -0.0435. The predicted octanol–water partition coefficient (Wildman–Crippen LogP) is 3.43. The van der Waals surface area contributed by atoms with Crippen molar-refractivity contribution in [2.24, 2.45) is 5.92 Å². The molecule has 0 N–H and O–H groups in total. The Balaban J connectivity index is 2.53. The molecule has 1 fully saturated rings. The van der Waals surface area contributed by atoms with Gasteiger partial charge >= 0.3 is 5.51 Å². The first kappa shape index (κ1) is 16.4. The van der Waals surface area contributed by atoms with Gasteiger partial charge in [0.1, 0.15) is 0 Å². The van der Waals surface area contributed by atoms with Crippen LogP contribution < -0.4 is 4.90 Å². The van der Waals surface area contributed by atoms with E-state index in [1.54, 1.807) is 4.90 Å². The largest absolute Gasteiger partial charge is 0.501 e. The molecule has 118 valence electrons. The number of rotatable bonds is 3. The minimum absolute atomic E-state index is 0.0739. The number of hydrogen-bond acceptors (Lipinski definition) is 3. The van der Waals surface area contributed by atoms with Crippen LogP contribution in [0.4, 0.5) is 18.9 Å². The summed E-state index contributed by atoms with van der Waals surface area (Å²) < 4.78 is 61.9. The summed E-state index contributed by atoms with van der Waals surface area (Å²) in [6.07, 6.45) is 0.762. The second-order valence-electron chi connectivity index (χ2n) is 5.10. The quantitative estimate of drug-likeness (QED) is 0.790. The summed E-state index contributed by atoms with van der Waals surface area (Å²) in [5.74, 6) is 0.436. The Morgan fingerprint density at radius 2 is 1.95 bits per heavy atom. The van der Waals surface area contributed by atoms with Gasteiger partial charge in [-0.05, 0) is 24.5 Å². The highest BCUT2D eigenvalue weighted by Gasteiger charge is 2.49. The number of benzene rings is 1. The lowest BCUT2D eigenvalue weighted by atomic mass is 10.0. The maximum absolute atomic E-state index is 12.8. The van der Waals surface area contributed by atoms with Gasteiger partial charge in [-0.15, -0.1) is 11.6 Å². The Hall–Kier alpha value is -0.950. The monoisotopic (exact) mass is 341 g/mol. The lowest BCUT2D eigenvalue weighted by Gasteiger charge is -2.29. The molecule has 1 saturated heterocycles. The molecule has 0 aromatic heterocycles. The maximum atomic E-state index is 12.8. The van der Waals surface area contributed by atoms with Crippen molar-refractivity contribution in [1.82, 2.24) is 0 Å². The molecule has 21 heavy (non-hydrogen) atoms. The average molecular weight is 342 g/mol. The first-order valence-electron chi connectivity index (χ1n) is 6.43. The Morgan fingerprint density at radius 3 is 2.52 bits per heavy atom. The van der Waals surface area contributed by atoms with E-state index < -0.39 is 20.2 Å². The van der Waals surface area contributed by atoms with Gasteiger partial charge in [0.25, 0.3) is 9.84 Å². The molecule has 1 aromatic rings. The van der Waals surface area contributed by atoms with Crippen molar-refractivity contribution >= 4 is 27.1 Å². The van der Waals surface area contributed by atoms with Gasteiger partial charge in [-0.3, -0.25) is 0 Å². The van der Waals surface area contributed by atoms with Crippen molar-refractivity contribution in [3.63, 3.8) is 0 Å². The van der Waals surface area contributed by atoms with E-state index >= 15 is 0 Å². The SMILES string of the molecule is CC1CCN(c2ccccc2S(=O)(=O)C(F)(F)F)C1CCl. The Bertz CT molecular complexity index is 618. The summed E-state index contributed by atoms with van der Waals surface area (Å²) in [6.45, 7) is 2.44. The third-order valence-corrected chi connectivity index (χ3v) is 5.66. The molecule has 2 atom stereocenters. The number of para-hydroxylation sites is 1. The molecular formula is C13H15ClF3NO2S. The number of sulfone groups is 1. The summed E-state index contributed by atoms with van der Waals surface area (Å²) in [6, 6.07) is 5.04. The maximum Gasteiger partial charge on any atom is 0.501 e. The van der Waals surface area contributed by atoms with Gasteiger partial charge in [-0.2, -0.15) is 13.2 Å². The second-order valence-corrected chi connectivity index (χ2v) is 7.32. The minimum atomic E-state index is -5.38. The van der Waals surface area contributed by atoms with Crippen molar-refractivity contribution in [3.8, 4) is 0 Å². The van der Waals surface area contributed by atoms with Crippen molar-refractivity contribution in [1.29, 1.82) is 0 Å². The smallest absolute Gasteiger partial charge is 0.366 e. The molecule has 0 spiro atoms. The molecule has 2 rings (SSSR count). The molecule has 1 aromatic carbocycles. The van der Waals surface area contributed by atoms with Gasteiger partial charge in [0.2, 0.25) is 0 Å². The minimum Gasteiger partial charge on any atom is -0.366 e. The van der Waals surface area contributed by atoms with Crippen molar-refractivity contribution < 1.29 is 21.6 Å².